The lowest BCUT2D eigenvalue weighted by Crippen LogP contribution is -2.68. The first-order valence-electron chi connectivity index (χ1n) is 9.30. The smallest absolute Gasteiger partial charge is 0.167 e. The van der Waals surface area contributed by atoms with Gasteiger partial charge >= 0.3 is 0 Å². The molecular formula is C20H34O4. The summed E-state index contributed by atoms with van der Waals surface area (Å²) >= 11 is 0. The minimum atomic E-state index is -1.54. The lowest BCUT2D eigenvalue weighted by Gasteiger charge is -2.61. The molecule has 138 valence electrons. The Balaban J connectivity index is 2.66. The second kappa shape index (κ2) is 5.91. The molecule has 24 heavy (non-hydrogen) atoms. The highest BCUT2D eigenvalue weighted by Crippen LogP contribution is 2.60. The second-order valence-electron chi connectivity index (χ2n) is 9.23. The molecule has 0 unspecified atom stereocenters. The summed E-state index contributed by atoms with van der Waals surface area (Å²) in [6.07, 6.45) is 1.72. The van der Waals surface area contributed by atoms with E-state index in [1.54, 1.807) is 20.8 Å². The van der Waals surface area contributed by atoms with Gasteiger partial charge in [-0.1, -0.05) is 34.1 Å². The summed E-state index contributed by atoms with van der Waals surface area (Å²) < 4.78 is 0. The van der Waals surface area contributed by atoms with E-state index < -0.39 is 28.5 Å². The molecule has 2 N–H and O–H groups in total. The Morgan fingerprint density at radius 1 is 1.25 bits per heavy atom. The molecule has 0 aromatic rings. The number of Topliss-reactive ketones (excluding diaryl/α,β-unsaturated/α-hetero) is 2. The van der Waals surface area contributed by atoms with Gasteiger partial charge in [-0.3, -0.25) is 9.59 Å². The van der Waals surface area contributed by atoms with Crippen molar-refractivity contribution in [3.8, 4) is 0 Å². The first-order valence-corrected chi connectivity index (χ1v) is 9.30. The number of hydrogen-bond donors (Lipinski definition) is 2. The van der Waals surface area contributed by atoms with E-state index in [2.05, 4.69) is 0 Å². The van der Waals surface area contributed by atoms with Crippen molar-refractivity contribution in [2.75, 3.05) is 0 Å². The fourth-order valence-corrected chi connectivity index (χ4v) is 6.32. The van der Waals surface area contributed by atoms with Crippen LogP contribution in [-0.4, -0.2) is 33.0 Å². The molecule has 0 spiro atoms. The van der Waals surface area contributed by atoms with Crippen LogP contribution in [-0.2, 0) is 9.59 Å². The Bertz CT molecular complexity index is 536. The van der Waals surface area contributed by atoms with Crippen molar-refractivity contribution in [2.45, 2.75) is 78.9 Å². The van der Waals surface area contributed by atoms with Crippen molar-refractivity contribution in [1.29, 1.82) is 0 Å². The number of hydrogen-bond acceptors (Lipinski definition) is 4. The van der Waals surface area contributed by atoms with E-state index in [0.29, 0.717) is 12.8 Å². The van der Waals surface area contributed by atoms with Crippen molar-refractivity contribution in [3.05, 3.63) is 0 Å². The van der Waals surface area contributed by atoms with Crippen LogP contribution in [0.3, 0.4) is 0 Å². The van der Waals surface area contributed by atoms with Crippen LogP contribution >= 0.6 is 0 Å². The topological polar surface area (TPSA) is 74.6 Å². The first kappa shape index (κ1) is 19.6. The maximum absolute atomic E-state index is 13.2. The molecule has 2 rings (SSSR count). The van der Waals surface area contributed by atoms with Crippen LogP contribution < -0.4 is 0 Å². The molecule has 0 bridgehead atoms. The Labute approximate surface area is 146 Å². The maximum Gasteiger partial charge on any atom is 0.167 e. The summed E-state index contributed by atoms with van der Waals surface area (Å²) in [5.74, 6) is -1.01. The number of fused-ring (bicyclic) bond motifs is 1. The summed E-state index contributed by atoms with van der Waals surface area (Å²) in [5, 5.41) is 21.8. The molecule has 4 nitrogen and oxygen atoms in total. The maximum atomic E-state index is 13.2. The molecule has 2 aliphatic carbocycles. The van der Waals surface area contributed by atoms with Crippen molar-refractivity contribution < 1.29 is 19.8 Å². The zero-order valence-electron chi connectivity index (χ0n) is 16.2. The van der Waals surface area contributed by atoms with Crippen LogP contribution in [0.25, 0.3) is 0 Å². The number of carbonyl (C=O) groups is 2. The molecule has 8 atom stereocenters. The number of carbonyl (C=O) groups excluding carboxylic acids is 2. The van der Waals surface area contributed by atoms with Gasteiger partial charge in [-0.2, -0.15) is 0 Å². The van der Waals surface area contributed by atoms with Crippen LogP contribution in [0, 0.1) is 35.0 Å². The molecule has 0 aliphatic heterocycles. The predicted octanol–water partition coefficient (Wildman–Crippen LogP) is 2.99. The van der Waals surface area contributed by atoms with Crippen molar-refractivity contribution in [2.24, 2.45) is 35.0 Å². The molecule has 0 amide bonds. The van der Waals surface area contributed by atoms with E-state index in [1.165, 1.54) is 0 Å². The average molecular weight is 338 g/mol. The van der Waals surface area contributed by atoms with Crippen LogP contribution in [0.15, 0.2) is 0 Å². The molecule has 0 aromatic carbocycles. The lowest BCUT2D eigenvalue weighted by molar-refractivity contribution is -0.204. The normalized spacial score (nSPS) is 50.3. The Morgan fingerprint density at radius 2 is 1.79 bits per heavy atom. The van der Waals surface area contributed by atoms with Crippen LogP contribution in [0.1, 0.15) is 67.7 Å². The van der Waals surface area contributed by atoms with Crippen LogP contribution in [0.5, 0.6) is 0 Å². The van der Waals surface area contributed by atoms with Gasteiger partial charge in [0.2, 0.25) is 0 Å². The molecule has 0 saturated heterocycles. The Kier molecular flexibility index (Phi) is 4.82. The highest BCUT2D eigenvalue weighted by atomic mass is 16.3. The predicted molar refractivity (Wildman–Crippen MR) is 93.4 cm³/mol. The second-order valence-corrected chi connectivity index (χ2v) is 9.23. The van der Waals surface area contributed by atoms with Gasteiger partial charge in [0.25, 0.3) is 0 Å². The van der Waals surface area contributed by atoms with Crippen molar-refractivity contribution in [1.82, 2.24) is 0 Å². The summed E-state index contributed by atoms with van der Waals surface area (Å²) in [4.78, 5) is 26.0. The van der Waals surface area contributed by atoms with E-state index in [0.717, 1.165) is 6.42 Å². The van der Waals surface area contributed by atoms with E-state index in [1.807, 2.05) is 27.7 Å². The quantitative estimate of drug-likeness (QED) is 0.829. The average Bonchev–Trinajstić information content (AvgIpc) is 2.42. The first-order chi connectivity index (χ1) is 10.8. The van der Waals surface area contributed by atoms with E-state index in [4.69, 9.17) is 0 Å². The third-order valence-electron chi connectivity index (χ3n) is 7.22. The summed E-state index contributed by atoms with van der Waals surface area (Å²) in [5.41, 5.74) is -3.22. The van der Waals surface area contributed by atoms with E-state index in [9.17, 15) is 19.8 Å². The van der Waals surface area contributed by atoms with Gasteiger partial charge in [0, 0.05) is 17.3 Å². The van der Waals surface area contributed by atoms with Gasteiger partial charge in [0.15, 0.2) is 5.78 Å². The van der Waals surface area contributed by atoms with Gasteiger partial charge < -0.3 is 10.2 Å². The van der Waals surface area contributed by atoms with Crippen LogP contribution in [0.4, 0.5) is 0 Å². The summed E-state index contributed by atoms with van der Waals surface area (Å²) in [6, 6.07) is 0. The van der Waals surface area contributed by atoms with Gasteiger partial charge in [0.05, 0.1) is 5.60 Å². The van der Waals surface area contributed by atoms with Crippen molar-refractivity contribution in [3.63, 3.8) is 0 Å². The zero-order chi connectivity index (χ0) is 18.7. The Hall–Kier alpha value is -0.740. The largest absolute Gasteiger partial charge is 0.390 e. The minimum absolute atomic E-state index is 0.0453. The Morgan fingerprint density at radius 3 is 2.25 bits per heavy atom. The molecule has 0 radical (unpaired) electrons. The SMILES string of the molecule is CC[C@@H](C)[C@@H]1[C@](C)(C(C)=O)[C@H]2[C@H](C)C[C@@](C)(O)C[C@@H]2C(=O)[C@@]1(C)O. The number of ketones is 2. The van der Waals surface area contributed by atoms with Crippen molar-refractivity contribution >= 4 is 11.6 Å². The summed E-state index contributed by atoms with van der Waals surface area (Å²) in [7, 11) is 0. The van der Waals surface area contributed by atoms with Gasteiger partial charge in [0.1, 0.15) is 11.4 Å². The fraction of sp³-hybridized carbons (Fsp3) is 0.900. The van der Waals surface area contributed by atoms with E-state index >= 15 is 0 Å². The molecule has 2 fully saturated rings. The molecular weight excluding hydrogens is 304 g/mol. The standard InChI is InChI=1S/C20H34O4/c1-8-11(2)16-19(6,13(4)21)15-12(3)9-18(5,23)10-14(15)17(22)20(16,7)24/h11-12,14-16,23-24H,8-10H2,1-7H3/t11-,12-,14+,15+,16-,18-,19-,20+/m1/s1. The zero-order valence-corrected chi connectivity index (χ0v) is 16.2. The fourth-order valence-electron chi connectivity index (χ4n) is 6.32. The lowest BCUT2D eigenvalue weighted by atomic mass is 9.43. The van der Waals surface area contributed by atoms with Crippen LogP contribution in [0.2, 0.25) is 0 Å². The molecule has 2 saturated carbocycles. The molecule has 2 aliphatic rings. The highest BCUT2D eigenvalue weighted by Gasteiger charge is 2.67. The monoisotopic (exact) mass is 338 g/mol. The highest BCUT2D eigenvalue weighted by molar-refractivity contribution is 5.95. The number of aliphatic hydroxyl groups is 2. The number of rotatable bonds is 3. The summed E-state index contributed by atoms with van der Waals surface area (Å²) in [6.45, 7) is 13.0. The third kappa shape index (κ3) is 2.66. The van der Waals surface area contributed by atoms with Gasteiger partial charge in [-0.05, 0) is 51.4 Å². The molecule has 4 heteroatoms. The molecule has 0 heterocycles. The van der Waals surface area contributed by atoms with E-state index in [-0.39, 0.29) is 29.3 Å². The molecule has 0 aromatic heterocycles. The minimum Gasteiger partial charge on any atom is -0.390 e. The van der Waals surface area contributed by atoms with Gasteiger partial charge in [-0.25, -0.2) is 0 Å². The third-order valence-corrected chi connectivity index (χ3v) is 7.22. The van der Waals surface area contributed by atoms with Gasteiger partial charge in [-0.15, -0.1) is 0 Å².